The van der Waals surface area contributed by atoms with E-state index in [1.807, 2.05) is 12.1 Å². The van der Waals surface area contributed by atoms with Gasteiger partial charge in [0.1, 0.15) is 11.6 Å². The van der Waals surface area contributed by atoms with E-state index >= 15 is 0 Å². The molecule has 20 heavy (non-hydrogen) atoms. The van der Waals surface area contributed by atoms with Crippen LogP contribution in [-0.2, 0) is 6.42 Å². The largest absolute Gasteiger partial charge is 0.493 e. The minimum Gasteiger partial charge on any atom is -0.493 e. The van der Waals surface area contributed by atoms with Gasteiger partial charge in [0.15, 0.2) is 0 Å². The van der Waals surface area contributed by atoms with Crippen molar-refractivity contribution in [1.82, 2.24) is 4.98 Å². The number of hydrogen-bond acceptors (Lipinski definition) is 3. The van der Waals surface area contributed by atoms with E-state index in [4.69, 9.17) is 4.74 Å². The number of hydrogen-bond donors (Lipinski definition) is 1. The zero-order chi connectivity index (χ0) is 13.9. The molecule has 0 saturated heterocycles. The van der Waals surface area contributed by atoms with Gasteiger partial charge in [0.25, 0.3) is 0 Å². The standard InChI is InChI=1S/C16H17FN2O/c1-2-14(15-5-3-12(17)10-18-15)19-13-4-6-16-11(9-13)7-8-20-16/h3-6,9-10,14,19H,2,7-8H2,1H3. The Morgan fingerprint density at radius 1 is 1.35 bits per heavy atom. The van der Waals surface area contributed by atoms with Gasteiger partial charge in [-0.05, 0) is 42.3 Å². The van der Waals surface area contributed by atoms with Gasteiger partial charge in [0, 0.05) is 12.1 Å². The quantitative estimate of drug-likeness (QED) is 0.921. The Hall–Kier alpha value is -2.10. The van der Waals surface area contributed by atoms with Gasteiger partial charge >= 0.3 is 0 Å². The monoisotopic (exact) mass is 272 g/mol. The summed E-state index contributed by atoms with van der Waals surface area (Å²) in [5, 5.41) is 3.45. The SMILES string of the molecule is CCC(Nc1ccc2c(c1)CCO2)c1ccc(F)cn1. The van der Waals surface area contributed by atoms with Gasteiger partial charge < -0.3 is 10.1 Å². The van der Waals surface area contributed by atoms with Gasteiger partial charge in [-0.3, -0.25) is 4.98 Å². The summed E-state index contributed by atoms with van der Waals surface area (Å²) in [5.41, 5.74) is 3.13. The van der Waals surface area contributed by atoms with Gasteiger partial charge in [0.2, 0.25) is 0 Å². The first-order valence-corrected chi connectivity index (χ1v) is 6.90. The summed E-state index contributed by atoms with van der Waals surface area (Å²) in [5.74, 6) is 0.668. The van der Waals surface area contributed by atoms with Crippen molar-refractivity contribution in [2.75, 3.05) is 11.9 Å². The molecule has 3 nitrogen and oxygen atoms in total. The number of anilines is 1. The molecule has 1 aliphatic heterocycles. The average Bonchev–Trinajstić information content (AvgIpc) is 2.93. The number of pyridine rings is 1. The van der Waals surface area contributed by atoms with Gasteiger partial charge in [0.05, 0.1) is 24.5 Å². The lowest BCUT2D eigenvalue weighted by atomic mass is 10.1. The number of rotatable bonds is 4. The van der Waals surface area contributed by atoms with E-state index in [0.29, 0.717) is 0 Å². The molecule has 0 fully saturated rings. The van der Waals surface area contributed by atoms with E-state index in [0.717, 1.165) is 36.6 Å². The zero-order valence-corrected chi connectivity index (χ0v) is 11.4. The van der Waals surface area contributed by atoms with Crippen molar-refractivity contribution in [3.05, 3.63) is 53.6 Å². The molecule has 1 aromatic carbocycles. The third-order valence-corrected chi connectivity index (χ3v) is 3.55. The molecule has 0 saturated carbocycles. The Morgan fingerprint density at radius 3 is 3.00 bits per heavy atom. The van der Waals surface area contributed by atoms with Crippen molar-refractivity contribution < 1.29 is 9.13 Å². The summed E-state index contributed by atoms with van der Waals surface area (Å²) in [6.45, 7) is 2.84. The average molecular weight is 272 g/mol. The first-order chi connectivity index (χ1) is 9.76. The molecule has 1 N–H and O–H groups in total. The van der Waals surface area contributed by atoms with E-state index in [2.05, 4.69) is 23.3 Å². The van der Waals surface area contributed by atoms with Gasteiger partial charge in [-0.1, -0.05) is 6.92 Å². The van der Waals surface area contributed by atoms with Crippen LogP contribution in [0.2, 0.25) is 0 Å². The third-order valence-electron chi connectivity index (χ3n) is 3.55. The molecule has 0 radical (unpaired) electrons. The van der Waals surface area contributed by atoms with E-state index in [1.165, 1.54) is 17.8 Å². The maximum atomic E-state index is 12.9. The van der Waals surface area contributed by atoms with E-state index in [1.54, 1.807) is 6.07 Å². The molecule has 2 heterocycles. The second kappa shape index (κ2) is 5.49. The van der Waals surface area contributed by atoms with Crippen LogP contribution in [0.3, 0.4) is 0 Å². The van der Waals surface area contributed by atoms with Crippen molar-refractivity contribution in [1.29, 1.82) is 0 Å². The number of ether oxygens (including phenoxy) is 1. The smallest absolute Gasteiger partial charge is 0.141 e. The van der Waals surface area contributed by atoms with E-state index in [9.17, 15) is 4.39 Å². The Morgan fingerprint density at radius 2 is 2.25 bits per heavy atom. The third kappa shape index (κ3) is 2.59. The van der Waals surface area contributed by atoms with Crippen LogP contribution in [-0.4, -0.2) is 11.6 Å². The van der Waals surface area contributed by atoms with E-state index in [-0.39, 0.29) is 11.9 Å². The predicted octanol–water partition coefficient (Wildman–Crippen LogP) is 3.72. The fraction of sp³-hybridized carbons (Fsp3) is 0.312. The summed E-state index contributed by atoms with van der Waals surface area (Å²) < 4.78 is 18.4. The van der Waals surface area contributed by atoms with Crippen molar-refractivity contribution >= 4 is 5.69 Å². The van der Waals surface area contributed by atoms with Crippen LogP contribution in [0.15, 0.2) is 36.5 Å². The molecule has 3 rings (SSSR count). The molecule has 0 bridgehead atoms. The Labute approximate surface area is 117 Å². The number of fused-ring (bicyclic) bond motifs is 1. The molecule has 0 spiro atoms. The minimum atomic E-state index is -0.307. The Bertz CT molecular complexity index is 598. The molecule has 1 aromatic heterocycles. The summed E-state index contributed by atoms with van der Waals surface area (Å²) in [4.78, 5) is 4.16. The summed E-state index contributed by atoms with van der Waals surface area (Å²) in [6.07, 6.45) is 3.10. The minimum absolute atomic E-state index is 0.0796. The van der Waals surface area contributed by atoms with Crippen LogP contribution in [0.1, 0.15) is 30.6 Å². The van der Waals surface area contributed by atoms with Crippen molar-refractivity contribution in [3.8, 4) is 5.75 Å². The van der Waals surface area contributed by atoms with E-state index < -0.39 is 0 Å². The second-order valence-corrected chi connectivity index (χ2v) is 4.93. The number of benzene rings is 1. The van der Waals surface area contributed by atoms with Crippen LogP contribution in [0.5, 0.6) is 5.75 Å². The zero-order valence-electron chi connectivity index (χ0n) is 11.4. The van der Waals surface area contributed by atoms with Gasteiger partial charge in [-0.15, -0.1) is 0 Å². The molecule has 1 unspecified atom stereocenters. The van der Waals surface area contributed by atoms with Crippen LogP contribution in [0.25, 0.3) is 0 Å². The molecule has 0 amide bonds. The topological polar surface area (TPSA) is 34.1 Å². The highest BCUT2D eigenvalue weighted by Gasteiger charge is 2.15. The molecule has 1 aliphatic rings. The lowest BCUT2D eigenvalue weighted by molar-refractivity contribution is 0.357. The lowest BCUT2D eigenvalue weighted by Crippen LogP contribution is -2.11. The first-order valence-electron chi connectivity index (χ1n) is 6.90. The van der Waals surface area contributed by atoms with Crippen molar-refractivity contribution in [2.45, 2.75) is 25.8 Å². The number of nitrogens with zero attached hydrogens (tertiary/aromatic N) is 1. The second-order valence-electron chi connectivity index (χ2n) is 4.93. The molecule has 1 atom stereocenters. The molecule has 2 aromatic rings. The van der Waals surface area contributed by atoms with Crippen molar-refractivity contribution in [3.63, 3.8) is 0 Å². The highest BCUT2D eigenvalue weighted by molar-refractivity contribution is 5.53. The van der Waals surface area contributed by atoms with Crippen LogP contribution >= 0.6 is 0 Å². The normalized spacial score (nSPS) is 14.5. The summed E-state index contributed by atoms with van der Waals surface area (Å²) in [6, 6.07) is 9.38. The lowest BCUT2D eigenvalue weighted by Gasteiger charge is -2.18. The van der Waals surface area contributed by atoms with Crippen LogP contribution < -0.4 is 10.1 Å². The number of nitrogens with one attached hydrogen (secondary N) is 1. The van der Waals surface area contributed by atoms with Gasteiger partial charge in [-0.25, -0.2) is 4.39 Å². The maximum absolute atomic E-state index is 12.9. The molecular formula is C16H17FN2O. The molecule has 4 heteroatoms. The van der Waals surface area contributed by atoms with Crippen LogP contribution in [0.4, 0.5) is 10.1 Å². The number of aromatic nitrogens is 1. The highest BCUT2D eigenvalue weighted by atomic mass is 19.1. The number of halogens is 1. The molecular weight excluding hydrogens is 255 g/mol. The molecule has 0 aliphatic carbocycles. The maximum Gasteiger partial charge on any atom is 0.141 e. The fourth-order valence-electron chi connectivity index (χ4n) is 2.46. The predicted molar refractivity (Wildman–Crippen MR) is 76.5 cm³/mol. The fourth-order valence-corrected chi connectivity index (χ4v) is 2.46. The summed E-state index contributed by atoms with van der Waals surface area (Å²) in [7, 11) is 0. The first kappa shape index (κ1) is 12.9. The highest BCUT2D eigenvalue weighted by Crippen LogP contribution is 2.30. The molecule has 104 valence electrons. The summed E-state index contributed by atoms with van der Waals surface area (Å²) >= 11 is 0. The Balaban J connectivity index is 1.79. The van der Waals surface area contributed by atoms with Crippen molar-refractivity contribution in [2.24, 2.45) is 0 Å². The Kier molecular flexibility index (Phi) is 3.54. The van der Waals surface area contributed by atoms with Gasteiger partial charge in [-0.2, -0.15) is 0 Å². The van der Waals surface area contributed by atoms with Crippen LogP contribution in [0, 0.1) is 5.82 Å².